The van der Waals surface area contributed by atoms with Gasteiger partial charge in [0.15, 0.2) is 11.3 Å². The molecule has 3 amide bonds. The number of urea groups is 1. The molecule has 0 unspecified atom stereocenters. The third-order valence-electron chi connectivity index (χ3n) is 5.27. The van der Waals surface area contributed by atoms with Gasteiger partial charge in [0.2, 0.25) is 0 Å². The van der Waals surface area contributed by atoms with Crippen LogP contribution in [0.2, 0.25) is 0 Å². The Kier molecular flexibility index (Phi) is 4.66. The fraction of sp³-hybridized carbons (Fsp3) is 0.227. The van der Waals surface area contributed by atoms with Crippen molar-refractivity contribution >= 4 is 28.7 Å². The highest BCUT2D eigenvalue weighted by atomic mass is 19.1. The van der Waals surface area contributed by atoms with Gasteiger partial charge in [-0.05, 0) is 42.7 Å². The number of fused-ring (bicyclic) bond motifs is 1. The Bertz CT molecular complexity index is 1100. The van der Waals surface area contributed by atoms with Crippen molar-refractivity contribution in [2.75, 3.05) is 0 Å². The molecule has 6 nitrogen and oxygen atoms in total. The van der Waals surface area contributed by atoms with E-state index in [-0.39, 0.29) is 29.9 Å². The Morgan fingerprint density at radius 1 is 1.14 bits per heavy atom. The van der Waals surface area contributed by atoms with Gasteiger partial charge in [-0.2, -0.15) is 0 Å². The Balaban J connectivity index is 1.67. The van der Waals surface area contributed by atoms with Crippen molar-refractivity contribution in [1.82, 2.24) is 10.6 Å². The summed E-state index contributed by atoms with van der Waals surface area (Å²) in [6, 6.07) is 12.4. The van der Waals surface area contributed by atoms with Gasteiger partial charge >= 0.3 is 6.03 Å². The maximum atomic E-state index is 13.7. The molecule has 0 aliphatic carbocycles. The van der Waals surface area contributed by atoms with E-state index in [1.165, 1.54) is 12.1 Å². The lowest BCUT2D eigenvalue weighted by Gasteiger charge is -2.23. The average molecular weight is 394 g/mol. The number of furan rings is 1. The van der Waals surface area contributed by atoms with Gasteiger partial charge in [0.1, 0.15) is 17.2 Å². The number of carbonyl (C=O) groups is 3. The van der Waals surface area contributed by atoms with Crippen LogP contribution in [0.1, 0.15) is 41.4 Å². The summed E-state index contributed by atoms with van der Waals surface area (Å²) in [6.07, 6.45) is 0.497. The van der Waals surface area contributed by atoms with Crippen molar-refractivity contribution in [3.8, 4) is 0 Å². The lowest BCUT2D eigenvalue weighted by molar-refractivity contribution is -0.125. The predicted molar refractivity (Wildman–Crippen MR) is 104 cm³/mol. The van der Waals surface area contributed by atoms with Crippen molar-refractivity contribution < 1.29 is 23.2 Å². The van der Waals surface area contributed by atoms with Crippen LogP contribution in [-0.4, -0.2) is 17.7 Å². The molecular formula is C22H19FN2O4. The zero-order valence-corrected chi connectivity index (χ0v) is 15.8. The molecule has 29 heavy (non-hydrogen) atoms. The Hall–Kier alpha value is -3.48. The van der Waals surface area contributed by atoms with E-state index in [2.05, 4.69) is 10.6 Å². The molecule has 2 N–H and O–H groups in total. The molecule has 1 atom stereocenters. The van der Waals surface area contributed by atoms with Crippen LogP contribution in [0.4, 0.5) is 9.18 Å². The minimum Gasteiger partial charge on any atom is -0.458 e. The monoisotopic (exact) mass is 394 g/mol. The fourth-order valence-electron chi connectivity index (χ4n) is 3.71. The number of benzene rings is 2. The fourth-order valence-corrected chi connectivity index (χ4v) is 3.71. The number of halogens is 1. The minimum absolute atomic E-state index is 0.0110. The van der Waals surface area contributed by atoms with Gasteiger partial charge in [-0.3, -0.25) is 14.9 Å². The molecule has 1 aliphatic heterocycles. The SMILES string of the molecule is CCc1ccc(F)cc1C(=O)CC[C@@]1(c2cc3ccccc3o2)NC(=O)NC1=O. The number of hydrogen-bond donors (Lipinski definition) is 2. The molecule has 2 aromatic carbocycles. The molecule has 1 aromatic heterocycles. The molecule has 148 valence electrons. The third kappa shape index (κ3) is 3.29. The van der Waals surface area contributed by atoms with Crippen LogP contribution in [0.15, 0.2) is 52.9 Å². The van der Waals surface area contributed by atoms with E-state index in [9.17, 15) is 18.8 Å². The Labute approximate surface area is 166 Å². The molecule has 1 aliphatic rings. The largest absolute Gasteiger partial charge is 0.458 e. The van der Waals surface area contributed by atoms with Gasteiger partial charge in [-0.25, -0.2) is 9.18 Å². The summed E-state index contributed by atoms with van der Waals surface area (Å²) in [5.74, 6) is -1.12. The van der Waals surface area contributed by atoms with Crippen LogP contribution in [0.3, 0.4) is 0 Å². The standard InChI is InChI=1S/C22H19FN2O4/c1-2-13-7-8-15(23)12-16(13)17(26)9-10-22(20(27)24-21(28)25-22)19-11-14-5-3-4-6-18(14)29-19/h3-8,11-12H,2,9-10H2,1H3,(H2,24,25,27,28)/t22-/m0/s1. The zero-order valence-electron chi connectivity index (χ0n) is 15.8. The second-order valence-electron chi connectivity index (χ2n) is 7.04. The first-order chi connectivity index (χ1) is 13.9. The minimum atomic E-state index is -1.49. The number of para-hydroxylation sites is 1. The van der Waals surface area contributed by atoms with E-state index in [0.29, 0.717) is 12.0 Å². The van der Waals surface area contributed by atoms with E-state index in [4.69, 9.17) is 4.42 Å². The molecule has 3 aromatic rings. The molecule has 0 bridgehead atoms. The molecule has 1 fully saturated rings. The summed E-state index contributed by atoms with van der Waals surface area (Å²) >= 11 is 0. The number of hydrogen-bond acceptors (Lipinski definition) is 4. The first-order valence-corrected chi connectivity index (χ1v) is 9.37. The van der Waals surface area contributed by atoms with Gasteiger partial charge in [0.05, 0.1) is 0 Å². The molecule has 0 saturated carbocycles. The Morgan fingerprint density at radius 3 is 2.62 bits per heavy atom. The molecule has 4 rings (SSSR count). The summed E-state index contributed by atoms with van der Waals surface area (Å²) in [5.41, 5.74) is 0.0949. The van der Waals surface area contributed by atoms with Crippen LogP contribution in [0.25, 0.3) is 11.0 Å². The molecule has 2 heterocycles. The second-order valence-corrected chi connectivity index (χ2v) is 7.04. The third-order valence-corrected chi connectivity index (χ3v) is 5.27. The van der Waals surface area contributed by atoms with Crippen molar-refractivity contribution in [1.29, 1.82) is 0 Å². The molecular weight excluding hydrogens is 375 g/mol. The summed E-state index contributed by atoms with van der Waals surface area (Å²) < 4.78 is 19.5. The Morgan fingerprint density at radius 2 is 1.93 bits per heavy atom. The number of amides is 3. The van der Waals surface area contributed by atoms with Crippen molar-refractivity contribution in [2.24, 2.45) is 0 Å². The van der Waals surface area contributed by atoms with Crippen LogP contribution in [-0.2, 0) is 16.8 Å². The maximum Gasteiger partial charge on any atom is 0.322 e. The van der Waals surface area contributed by atoms with Gasteiger partial charge in [0, 0.05) is 17.4 Å². The summed E-state index contributed by atoms with van der Waals surface area (Å²) in [7, 11) is 0. The first kappa shape index (κ1) is 18.9. The summed E-state index contributed by atoms with van der Waals surface area (Å²) in [4.78, 5) is 37.4. The van der Waals surface area contributed by atoms with Crippen LogP contribution >= 0.6 is 0 Å². The molecule has 1 saturated heterocycles. The maximum absolute atomic E-state index is 13.7. The van der Waals surface area contributed by atoms with Crippen molar-refractivity contribution in [2.45, 2.75) is 31.7 Å². The van der Waals surface area contributed by atoms with Gasteiger partial charge in [0.25, 0.3) is 5.91 Å². The highest BCUT2D eigenvalue weighted by Gasteiger charge is 2.50. The van der Waals surface area contributed by atoms with Crippen LogP contribution in [0.5, 0.6) is 0 Å². The van der Waals surface area contributed by atoms with Crippen LogP contribution in [0, 0.1) is 5.82 Å². The van der Waals surface area contributed by atoms with E-state index in [1.54, 1.807) is 24.3 Å². The lowest BCUT2D eigenvalue weighted by atomic mass is 9.87. The van der Waals surface area contributed by atoms with Crippen LogP contribution < -0.4 is 10.6 Å². The number of aryl methyl sites for hydroxylation is 1. The lowest BCUT2D eigenvalue weighted by Crippen LogP contribution is -2.43. The number of carbonyl (C=O) groups excluding carboxylic acids is 3. The quantitative estimate of drug-likeness (QED) is 0.491. The van der Waals surface area contributed by atoms with Crippen molar-refractivity contribution in [3.05, 3.63) is 71.2 Å². The van der Waals surface area contributed by atoms with E-state index in [1.807, 2.05) is 19.1 Å². The molecule has 0 spiro atoms. The van der Waals surface area contributed by atoms with E-state index < -0.39 is 23.3 Å². The summed E-state index contributed by atoms with van der Waals surface area (Å²) in [6.45, 7) is 1.88. The van der Waals surface area contributed by atoms with E-state index in [0.717, 1.165) is 10.9 Å². The van der Waals surface area contributed by atoms with E-state index >= 15 is 0 Å². The summed E-state index contributed by atoms with van der Waals surface area (Å²) in [5, 5.41) is 5.63. The number of Topliss-reactive ketones (excluding diaryl/α,β-unsaturated/α-hetero) is 1. The number of imide groups is 1. The number of rotatable bonds is 6. The smallest absolute Gasteiger partial charge is 0.322 e. The first-order valence-electron chi connectivity index (χ1n) is 9.37. The second kappa shape index (κ2) is 7.16. The highest BCUT2D eigenvalue weighted by molar-refractivity contribution is 6.08. The normalized spacial score (nSPS) is 18.7. The average Bonchev–Trinajstić information content (AvgIpc) is 3.27. The molecule has 7 heteroatoms. The zero-order chi connectivity index (χ0) is 20.6. The topological polar surface area (TPSA) is 88.4 Å². The van der Waals surface area contributed by atoms with Gasteiger partial charge < -0.3 is 9.73 Å². The predicted octanol–water partition coefficient (Wildman–Crippen LogP) is 3.83. The van der Waals surface area contributed by atoms with Gasteiger partial charge in [-0.1, -0.05) is 31.2 Å². The number of ketones is 1. The van der Waals surface area contributed by atoms with Crippen molar-refractivity contribution in [3.63, 3.8) is 0 Å². The highest BCUT2D eigenvalue weighted by Crippen LogP contribution is 2.34. The van der Waals surface area contributed by atoms with Gasteiger partial charge in [-0.15, -0.1) is 0 Å². The molecule has 0 radical (unpaired) electrons. The number of nitrogens with one attached hydrogen (secondary N) is 2.